The number of benzene rings is 1. The van der Waals surface area contributed by atoms with E-state index in [0.717, 1.165) is 0 Å². The number of aromatic nitrogens is 2. The molecular weight excluding hydrogens is 368 g/mol. The van der Waals surface area contributed by atoms with Crippen molar-refractivity contribution >= 4 is 15.9 Å². The van der Waals surface area contributed by atoms with Gasteiger partial charge in [0.05, 0.1) is 34.9 Å². The van der Waals surface area contributed by atoms with Crippen molar-refractivity contribution in [3.8, 4) is 11.3 Å². The molecule has 0 aliphatic carbocycles. The summed E-state index contributed by atoms with van der Waals surface area (Å²) in [6.45, 7) is 1.38. The van der Waals surface area contributed by atoms with Crippen LogP contribution in [0.1, 0.15) is 12.1 Å². The highest BCUT2D eigenvalue weighted by molar-refractivity contribution is 9.10. The molecule has 1 unspecified atom stereocenters. The molecule has 2 rings (SSSR count). The molecule has 1 aromatic heterocycles. The van der Waals surface area contributed by atoms with E-state index in [1.165, 1.54) is 28.9 Å². The van der Waals surface area contributed by atoms with Gasteiger partial charge in [-0.1, -0.05) is 0 Å². The molecule has 1 heterocycles. The Morgan fingerprint density at radius 2 is 1.86 bits per heavy atom. The van der Waals surface area contributed by atoms with Crippen molar-refractivity contribution in [2.45, 2.75) is 32.2 Å². The van der Waals surface area contributed by atoms with E-state index in [1.807, 2.05) is 0 Å². The monoisotopic (exact) mass is 380 g/mol. The lowest BCUT2D eigenvalue weighted by Gasteiger charge is -2.15. The van der Waals surface area contributed by atoms with E-state index in [-0.39, 0.29) is 6.54 Å². The number of aryl methyl sites for hydroxylation is 1. The van der Waals surface area contributed by atoms with Gasteiger partial charge in [0.15, 0.2) is 0 Å². The molecule has 0 saturated heterocycles. The number of nitrogens with zero attached hydrogens (tertiary/aromatic N) is 2. The van der Waals surface area contributed by atoms with Crippen molar-refractivity contribution in [1.29, 1.82) is 0 Å². The molecule has 0 fully saturated rings. The van der Waals surface area contributed by atoms with Gasteiger partial charge in [0, 0.05) is 5.56 Å². The van der Waals surface area contributed by atoms with Gasteiger partial charge in [-0.2, -0.15) is 18.3 Å². The minimum absolute atomic E-state index is 0.307. The van der Waals surface area contributed by atoms with Crippen molar-refractivity contribution in [1.82, 2.24) is 9.78 Å². The van der Waals surface area contributed by atoms with E-state index in [0.29, 0.717) is 21.4 Å². The summed E-state index contributed by atoms with van der Waals surface area (Å²) < 4.78 is 51.9. The summed E-state index contributed by atoms with van der Waals surface area (Å²) in [4.78, 5) is 0. The second-order valence-electron chi connectivity index (χ2n) is 4.91. The quantitative estimate of drug-likeness (QED) is 0.811. The van der Waals surface area contributed by atoms with E-state index in [2.05, 4.69) is 21.0 Å². The first-order valence-corrected chi connectivity index (χ1v) is 7.20. The molecule has 8 heteroatoms. The maximum atomic E-state index is 13.0. The number of halogens is 5. The Morgan fingerprint density at radius 1 is 1.27 bits per heavy atom. The number of aliphatic hydroxyl groups excluding tert-OH is 1. The van der Waals surface area contributed by atoms with Crippen LogP contribution in [0.3, 0.4) is 0 Å². The molecule has 2 aromatic rings. The molecule has 0 aliphatic heterocycles. The summed E-state index contributed by atoms with van der Waals surface area (Å²) in [5.74, 6) is -0.417. The molecule has 3 nitrogen and oxygen atoms in total. The van der Waals surface area contributed by atoms with Crippen LogP contribution in [0.15, 0.2) is 28.7 Å². The summed E-state index contributed by atoms with van der Waals surface area (Å²) in [6.07, 6.45) is -7.37. The molecule has 1 N–H and O–H groups in total. The van der Waals surface area contributed by atoms with Crippen molar-refractivity contribution < 1.29 is 22.7 Å². The fourth-order valence-electron chi connectivity index (χ4n) is 2.11. The highest BCUT2D eigenvalue weighted by atomic mass is 79.9. The molecule has 0 saturated carbocycles. The Labute approximate surface area is 132 Å². The van der Waals surface area contributed by atoms with Gasteiger partial charge >= 0.3 is 6.18 Å². The largest absolute Gasteiger partial charge is 0.391 e. The van der Waals surface area contributed by atoms with E-state index >= 15 is 0 Å². The van der Waals surface area contributed by atoms with Crippen LogP contribution >= 0.6 is 15.9 Å². The second-order valence-corrected chi connectivity index (χ2v) is 5.70. The van der Waals surface area contributed by atoms with Gasteiger partial charge in [0.2, 0.25) is 0 Å². The van der Waals surface area contributed by atoms with Gasteiger partial charge in [0.25, 0.3) is 0 Å². The van der Waals surface area contributed by atoms with E-state index in [4.69, 9.17) is 0 Å². The highest BCUT2D eigenvalue weighted by Crippen LogP contribution is 2.32. The smallest absolute Gasteiger partial charge is 0.391 e. The van der Waals surface area contributed by atoms with Crippen molar-refractivity contribution in [3.05, 3.63) is 40.2 Å². The van der Waals surface area contributed by atoms with Crippen LogP contribution in [0.5, 0.6) is 0 Å². The topological polar surface area (TPSA) is 38.0 Å². The van der Waals surface area contributed by atoms with Crippen LogP contribution in [0, 0.1) is 12.7 Å². The lowest BCUT2D eigenvalue weighted by molar-refractivity contribution is -0.154. The van der Waals surface area contributed by atoms with Crippen molar-refractivity contribution in [3.63, 3.8) is 0 Å². The van der Waals surface area contributed by atoms with Crippen molar-refractivity contribution in [2.24, 2.45) is 0 Å². The second kappa shape index (κ2) is 6.37. The minimum atomic E-state index is -4.45. The molecule has 0 amide bonds. The van der Waals surface area contributed by atoms with Gasteiger partial charge < -0.3 is 5.11 Å². The maximum Gasteiger partial charge on any atom is 0.391 e. The van der Waals surface area contributed by atoms with E-state index < -0.39 is 24.5 Å². The first-order chi connectivity index (χ1) is 10.2. The number of hydrogen-bond acceptors (Lipinski definition) is 2. The average Bonchev–Trinajstić information content (AvgIpc) is 2.64. The van der Waals surface area contributed by atoms with Crippen LogP contribution in [-0.4, -0.2) is 27.2 Å². The third kappa shape index (κ3) is 4.07. The molecule has 22 heavy (non-hydrogen) atoms. The van der Waals surface area contributed by atoms with Crippen LogP contribution in [-0.2, 0) is 6.54 Å². The fourth-order valence-corrected chi connectivity index (χ4v) is 2.62. The molecule has 0 bridgehead atoms. The number of aliphatic hydroxyl groups is 1. The summed E-state index contributed by atoms with van der Waals surface area (Å²) in [6, 6.07) is 5.51. The van der Waals surface area contributed by atoms with Crippen LogP contribution in [0.2, 0.25) is 0 Å². The van der Waals surface area contributed by atoms with Crippen molar-refractivity contribution in [2.75, 3.05) is 0 Å². The number of alkyl halides is 3. The number of hydrogen-bond donors (Lipinski definition) is 1. The molecule has 0 radical (unpaired) electrons. The maximum absolute atomic E-state index is 13.0. The van der Waals surface area contributed by atoms with E-state index in [9.17, 15) is 22.7 Å². The molecule has 0 spiro atoms. The fraction of sp³-hybridized carbons (Fsp3) is 0.357. The zero-order valence-corrected chi connectivity index (χ0v) is 13.1. The molecule has 1 atom stereocenters. The lowest BCUT2D eigenvalue weighted by atomic mass is 10.1. The predicted octanol–water partition coefficient (Wildman–Crippen LogP) is 4.07. The van der Waals surface area contributed by atoms with Crippen LogP contribution in [0.4, 0.5) is 17.6 Å². The third-order valence-electron chi connectivity index (χ3n) is 3.02. The molecule has 120 valence electrons. The summed E-state index contributed by atoms with van der Waals surface area (Å²) in [7, 11) is 0. The third-order valence-corrected chi connectivity index (χ3v) is 3.97. The average molecular weight is 381 g/mol. The normalized spacial score (nSPS) is 13.4. The Hall–Kier alpha value is -1.41. The SMILES string of the molecule is Cc1nn(CC(O)CC(F)(F)F)c(-c2ccc(F)cc2)c1Br. The highest BCUT2D eigenvalue weighted by Gasteiger charge is 2.31. The molecule has 1 aromatic carbocycles. The van der Waals surface area contributed by atoms with Crippen LogP contribution in [0.25, 0.3) is 11.3 Å². The predicted molar refractivity (Wildman–Crippen MR) is 76.7 cm³/mol. The molecule has 0 aliphatic rings. The van der Waals surface area contributed by atoms with Gasteiger partial charge in [-0.25, -0.2) is 4.39 Å². The zero-order chi connectivity index (χ0) is 16.5. The van der Waals surface area contributed by atoms with Gasteiger partial charge in [-0.15, -0.1) is 0 Å². The summed E-state index contributed by atoms with van der Waals surface area (Å²) >= 11 is 3.33. The standard InChI is InChI=1S/C14H13BrF4N2O/c1-8-12(15)13(9-2-4-10(16)5-3-9)21(20-8)7-11(22)6-14(17,18)19/h2-5,11,22H,6-7H2,1H3. The van der Waals surface area contributed by atoms with Gasteiger partial charge in [-0.05, 0) is 47.1 Å². The number of rotatable bonds is 4. The first kappa shape index (κ1) is 17.0. The Bertz CT molecular complexity index is 652. The first-order valence-electron chi connectivity index (χ1n) is 6.41. The zero-order valence-electron chi connectivity index (χ0n) is 11.5. The lowest BCUT2D eigenvalue weighted by Crippen LogP contribution is -2.24. The van der Waals surface area contributed by atoms with Gasteiger partial charge in [0.1, 0.15) is 5.82 Å². The van der Waals surface area contributed by atoms with Crippen LogP contribution < -0.4 is 0 Å². The Morgan fingerprint density at radius 3 is 2.41 bits per heavy atom. The van der Waals surface area contributed by atoms with Gasteiger partial charge in [-0.3, -0.25) is 4.68 Å². The van der Waals surface area contributed by atoms with E-state index in [1.54, 1.807) is 6.92 Å². The summed E-state index contributed by atoms with van der Waals surface area (Å²) in [5, 5.41) is 13.7. The minimum Gasteiger partial charge on any atom is -0.391 e. The molecular formula is C14H13BrF4N2O. The Balaban J connectivity index is 2.33. The Kier molecular flexibility index (Phi) is 4.91. The summed E-state index contributed by atoms with van der Waals surface area (Å²) in [5.41, 5.74) is 1.66.